The summed E-state index contributed by atoms with van der Waals surface area (Å²) in [5.41, 5.74) is 7.74. The molecule has 0 saturated carbocycles. The third kappa shape index (κ3) is 2.57. The smallest absolute Gasteiger partial charge is 0.172 e. The molecule has 1 aromatic carbocycles. The Morgan fingerprint density at radius 1 is 1.05 bits per heavy atom. The molecule has 6 heteroatoms. The van der Waals surface area contributed by atoms with E-state index in [0.717, 1.165) is 16.1 Å². The van der Waals surface area contributed by atoms with Crippen LogP contribution in [0.15, 0.2) is 46.9 Å². The summed E-state index contributed by atoms with van der Waals surface area (Å²) in [6.07, 6.45) is 0. The molecule has 0 aliphatic heterocycles. The van der Waals surface area contributed by atoms with E-state index in [1.807, 2.05) is 42.5 Å². The average molecular weight is 367 g/mol. The fraction of sp³-hybridized carbons (Fsp3) is 0. The van der Waals surface area contributed by atoms with E-state index < -0.39 is 0 Å². The van der Waals surface area contributed by atoms with Crippen LogP contribution in [0.1, 0.15) is 0 Å². The van der Waals surface area contributed by atoms with E-state index >= 15 is 0 Å². The summed E-state index contributed by atoms with van der Waals surface area (Å²) in [6.45, 7) is 0. The summed E-state index contributed by atoms with van der Waals surface area (Å²) < 4.78 is 1.40. The summed E-state index contributed by atoms with van der Waals surface area (Å²) in [4.78, 5) is 9.81. The van der Waals surface area contributed by atoms with E-state index in [1.54, 1.807) is 0 Å². The molecule has 3 aromatic rings. The number of nitrogens with zero attached hydrogens (tertiary/aromatic N) is 2. The second kappa shape index (κ2) is 5.52. The topological polar surface area (TPSA) is 51.8 Å². The number of anilines is 1. The molecule has 0 bridgehead atoms. The minimum atomic E-state index is 0.415. The number of nitrogen functional groups attached to an aromatic ring is 1. The second-order valence-corrected chi connectivity index (χ2v) is 6.57. The highest BCUT2D eigenvalue weighted by Crippen LogP contribution is 2.35. The minimum absolute atomic E-state index is 0.415. The normalized spacial score (nSPS) is 10.7. The van der Waals surface area contributed by atoms with Gasteiger partial charge in [0, 0.05) is 5.56 Å². The van der Waals surface area contributed by atoms with Crippen LogP contribution in [-0.4, -0.2) is 9.97 Å². The molecular weight excluding hydrogens is 358 g/mol. The predicted octanol–water partition coefficient (Wildman–Crippen LogP) is 4.87. The van der Waals surface area contributed by atoms with Gasteiger partial charge in [0.05, 0.1) is 19.4 Å². The Bertz CT molecular complexity index is 758. The van der Waals surface area contributed by atoms with Crippen LogP contribution in [0.3, 0.4) is 0 Å². The maximum atomic E-state index is 5.98. The van der Waals surface area contributed by atoms with Crippen molar-refractivity contribution in [2.75, 3.05) is 5.73 Å². The quantitative estimate of drug-likeness (QED) is 0.704. The first-order valence-corrected chi connectivity index (χ1v) is 7.78. The van der Waals surface area contributed by atoms with E-state index in [2.05, 4.69) is 25.9 Å². The van der Waals surface area contributed by atoms with Gasteiger partial charge in [0.15, 0.2) is 5.82 Å². The highest BCUT2D eigenvalue weighted by atomic mass is 79.9. The lowest BCUT2D eigenvalue weighted by Gasteiger charge is -2.08. The summed E-state index contributed by atoms with van der Waals surface area (Å²) in [5, 5.41) is 0. The van der Waals surface area contributed by atoms with Crippen molar-refractivity contribution in [3.8, 4) is 22.0 Å². The Balaban J connectivity index is 2.18. The molecule has 0 aliphatic carbocycles. The molecule has 0 spiro atoms. The highest BCUT2D eigenvalue weighted by Gasteiger charge is 2.14. The van der Waals surface area contributed by atoms with E-state index in [4.69, 9.17) is 17.3 Å². The fourth-order valence-corrected chi connectivity index (χ4v) is 3.18. The van der Waals surface area contributed by atoms with Crippen LogP contribution in [0.2, 0.25) is 4.34 Å². The summed E-state index contributed by atoms with van der Waals surface area (Å²) >= 11 is 10.8. The monoisotopic (exact) mass is 365 g/mol. The highest BCUT2D eigenvalue weighted by molar-refractivity contribution is 9.10. The lowest BCUT2D eigenvalue weighted by molar-refractivity contribution is 1.18. The molecular formula is C14H9BrClN3S. The number of halogens is 2. The molecule has 0 aliphatic rings. The maximum absolute atomic E-state index is 5.98. The summed E-state index contributed by atoms with van der Waals surface area (Å²) in [7, 11) is 0. The molecule has 100 valence electrons. The van der Waals surface area contributed by atoms with Crippen LogP contribution >= 0.6 is 38.9 Å². The van der Waals surface area contributed by atoms with E-state index in [9.17, 15) is 0 Å². The Morgan fingerprint density at radius 2 is 1.80 bits per heavy atom. The molecule has 2 N–H and O–H groups in total. The van der Waals surface area contributed by atoms with Crippen molar-refractivity contribution in [1.82, 2.24) is 9.97 Å². The zero-order chi connectivity index (χ0) is 14.1. The van der Waals surface area contributed by atoms with Crippen molar-refractivity contribution in [3.05, 3.63) is 51.3 Å². The van der Waals surface area contributed by atoms with E-state index in [-0.39, 0.29) is 0 Å². The van der Waals surface area contributed by atoms with Crippen LogP contribution in [0.25, 0.3) is 22.0 Å². The van der Waals surface area contributed by atoms with Crippen molar-refractivity contribution in [2.24, 2.45) is 0 Å². The number of thiophene rings is 1. The van der Waals surface area contributed by atoms with Gasteiger partial charge in [-0.3, -0.25) is 0 Å². The van der Waals surface area contributed by atoms with Gasteiger partial charge in [0.2, 0.25) is 0 Å². The largest absolute Gasteiger partial charge is 0.383 e. The van der Waals surface area contributed by atoms with Gasteiger partial charge < -0.3 is 5.73 Å². The minimum Gasteiger partial charge on any atom is -0.383 e. The van der Waals surface area contributed by atoms with Gasteiger partial charge in [-0.25, -0.2) is 9.97 Å². The van der Waals surface area contributed by atoms with Crippen molar-refractivity contribution in [1.29, 1.82) is 0 Å². The molecule has 20 heavy (non-hydrogen) atoms. The number of hydrogen-bond acceptors (Lipinski definition) is 4. The molecule has 3 rings (SSSR count). The third-order valence-electron chi connectivity index (χ3n) is 2.72. The standard InChI is InChI=1S/C14H9BrClN3S/c15-11-12(8-4-2-1-3-5-8)18-14(19-13(11)17)9-6-7-10(16)20-9/h1-7H,(H2,17,18,19). The lowest BCUT2D eigenvalue weighted by Crippen LogP contribution is -1.99. The second-order valence-electron chi connectivity index (χ2n) is 4.06. The van der Waals surface area contributed by atoms with Crippen LogP contribution in [0, 0.1) is 0 Å². The molecule has 0 amide bonds. The molecule has 2 aromatic heterocycles. The molecule has 2 heterocycles. The van der Waals surface area contributed by atoms with E-state index in [1.165, 1.54) is 11.3 Å². The average Bonchev–Trinajstić information content (AvgIpc) is 2.89. The third-order valence-corrected chi connectivity index (χ3v) is 4.73. The van der Waals surface area contributed by atoms with Crippen LogP contribution in [-0.2, 0) is 0 Å². The number of hydrogen-bond donors (Lipinski definition) is 1. The van der Waals surface area contributed by atoms with Gasteiger partial charge in [0.25, 0.3) is 0 Å². The van der Waals surface area contributed by atoms with Gasteiger partial charge in [-0.15, -0.1) is 11.3 Å². The summed E-state index contributed by atoms with van der Waals surface area (Å²) in [5.74, 6) is 1.000. The SMILES string of the molecule is Nc1nc(-c2ccc(Cl)s2)nc(-c2ccccc2)c1Br. The van der Waals surface area contributed by atoms with Crippen LogP contribution in [0.5, 0.6) is 0 Å². The van der Waals surface area contributed by atoms with Crippen molar-refractivity contribution in [3.63, 3.8) is 0 Å². The van der Waals surface area contributed by atoms with Crippen LogP contribution < -0.4 is 5.73 Å². The summed E-state index contributed by atoms with van der Waals surface area (Å²) in [6, 6.07) is 13.6. The Hall–Kier alpha value is -1.43. The molecule has 0 unspecified atom stereocenters. The van der Waals surface area contributed by atoms with Gasteiger partial charge in [-0.2, -0.15) is 0 Å². The van der Waals surface area contributed by atoms with Gasteiger partial charge in [-0.05, 0) is 28.1 Å². The molecule has 0 atom stereocenters. The molecule has 0 saturated heterocycles. The van der Waals surface area contributed by atoms with Crippen molar-refractivity contribution in [2.45, 2.75) is 0 Å². The molecule has 3 nitrogen and oxygen atoms in total. The number of benzene rings is 1. The van der Waals surface area contributed by atoms with Crippen molar-refractivity contribution < 1.29 is 0 Å². The van der Waals surface area contributed by atoms with Gasteiger partial charge >= 0.3 is 0 Å². The first-order valence-electron chi connectivity index (χ1n) is 5.79. The maximum Gasteiger partial charge on any atom is 0.172 e. The van der Waals surface area contributed by atoms with Gasteiger partial charge in [0.1, 0.15) is 5.82 Å². The molecule has 0 radical (unpaired) electrons. The number of rotatable bonds is 2. The Morgan fingerprint density at radius 3 is 2.45 bits per heavy atom. The van der Waals surface area contributed by atoms with Gasteiger partial charge in [-0.1, -0.05) is 41.9 Å². The Labute approximate surface area is 133 Å². The zero-order valence-corrected chi connectivity index (χ0v) is 13.3. The first-order chi connectivity index (χ1) is 9.65. The van der Waals surface area contributed by atoms with Crippen LogP contribution in [0.4, 0.5) is 5.82 Å². The molecule has 0 fully saturated rings. The lowest BCUT2D eigenvalue weighted by atomic mass is 10.1. The van der Waals surface area contributed by atoms with E-state index in [0.29, 0.717) is 20.5 Å². The number of aromatic nitrogens is 2. The first kappa shape index (κ1) is 13.5. The van der Waals surface area contributed by atoms with Crippen molar-refractivity contribution >= 4 is 44.7 Å². The number of nitrogens with two attached hydrogens (primary N) is 1. The Kier molecular flexibility index (Phi) is 3.74. The predicted molar refractivity (Wildman–Crippen MR) is 87.9 cm³/mol. The zero-order valence-electron chi connectivity index (χ0n) is 10.2. The fourth-order valence-electron chi connectivity index (χ4n) is 1.80.